The van der Waals surface area contributed by atoms with E-state index in [-0.39, 0.29) is 21.4 Å². The maximum atomic E-state index is 12.9. The van der Waals surface area contributed by atoms with Gasteiger partial charge in [-0.05, 0) is 43.9 Å². The van der Waals surface area contributed by atoms with Crippen molar-refractivity contribution in [1.29, 1.82) is 0 Å². The SMILES string of the molecule is CC(C)CNC(=O)C(C)OC(=O)c1ccc(Cl)c(S(=O)(=O)N2CCCCC2)c1. The van der Waals surface area contributed by atoms with Crippen LogP contribution in [0.2, 0.25) is 5.02 Å². The first-order valence-electron chi connectivity index (χ1n) is 9.41. The predicted molar refractivity (Wildman–Crippen MR) is 107 cm³/mol. The average molecular weight is 431 g/mol. The molecule has 1 unspecified atom stereocenters. The van der Waals surface area contributed by atoms with Crippen molar-refractivity contribution in [3.63, 3.8) is 0 Å². The Bertz CT molecular complexity index is 820. The van der Waals surface area contributed by atoms with E-state index in [9.17, 15) is 18.0 Å². The van der Waals surface area contributed by atoms with Crippen molar-refractivity contribution in [2.75, 3.05) is 19.6 Å². The smallest absolute Gasteiger partial charge is 0.338 e. The molecule has 1 aromatic carbocycles. The van der Waals surface area contributed by atoms with Crippen molar-refractivity contribution in [2.45, 2.75) is 51.0 Å². The third kappa shape index (κ3) is 5.68. The number of piperidine rings is 1. The minimum atomic E-state index is -3.80. The second kappa shape index (κ2) is 9.71. The minimum Gasteiger partial charge on any atom is -0.449 e. The number of hydrogen-bond acceptors (Lipinski definition) is 5. The molecular formula is C19H27ClN2O5S. The van der Waals surface area contributed by atoms with Gasteiger partial charge in [0.25, 0.3) is 5.91 Å². The summed E-state index contributed by atoms with van der Waals surface area (Å²) < 4.78 is 32.3. The van der Waals surface area contributed by atoms with Crippen molar-refractivity contribution in [2.24, 2.45) is 5.92 Å². The lowest BCUT2D eigenvalue weighted by molar-refractivity contribution is -0.129. The van der Waals surface area contributed by atoms with Crippen LogP contribution in [0.1, 0.15) is 50.4 Å². The lowest BCUT2D eigenvalue weighted by Gasteiger charge is -2.26. The highest BCUT2D eigenvalue weighted by molar-refractivity contribution is 7.89. The molecule has 2 rings (SSSR count). The second-order valence-corrected chi connectivity index (χ2v) is 9.61. The van der Waals surface area contributed by atoms with E-state index in [4.69, 9.17) is 16.3 Å². The quantitative estimate of drug-likeness (QED) is 0.671. The summed E-state index contributed by atoms with van der Waals surface area (Å²) >= 11 is 6.11. The summed E-state index contributed by atoms with van der Waals surface area (Å²) in [5.41, 5.74) is 0.0310. The van der Waals surface area contributed by atoms with Crippen LogP contribution < -0.4 is 5.32 Å². The summed E-state index contributed by atoms with van der Waals surface area (Å²) in [5.74, 6) is -0.915. The molecule has 1 aliphatic heterocycles. The molecule has 1 fully saturated rings. The van der Waals surface area contributed by atoms with E-state index < -0.39 is 28.0 Å². The third-order valence-electron chi connectivity index (χ3n) is 4.44. The van der Waals surface area contributed by atoms with Crippen LogP contribution in [0.5, 0.6) is 0 Å². The molecule has 0 saturated carbocycles. The van der Waals surface area contributed by atoms with Crippen LogP contribution in [0.4, 0.5) is 0 Å². The summed E-state index contributed by atoms with van der Waals surface area (Å²) in [5, 5.41) is 2.73. The third-order valence-corrected chi connectivity index (χ3v) is 6.82. The number of carbonyl (C=O) groups is 2. The molecule has 0 bridgehead atoms. The van der Waals surface area contributed by atoms with Gasteiger partial charge in [0, 0.05) is 19.6 Å². The number of amides is 1. The number of nitrogens with zero attached hydrogens (tertiary/aromatic N) is 1. The number of esters is 1. The summed E-state index contributed by atoms with van der Waals surface area (Å²) in [4.78, 5) is 24.3. The van der Waals surface area contributed by atoms with Gasteiger partial charge in [0.2, 0.25) is 10.0 Å². The van der Waals surface area contributed by atoms with Gasteiger partial charge in [-0.1, -0.05) is 31.9 Å². The molecule has 1 aromatic rings. The highest BCUT2D eigenvalue weighted by Gasteiger charge is 2.29. The Kier molecular flexibility index (Phi) is 7.86. The normalized spacial score (nSPS) is 16.6. The van der Waals surface area contributed by atoms with Gasteiger partial charge in [0.05, 0.1) is 10.6 Å². The maximum absolute atomic E-state index is 12.9. The molecule has 1 amide bonds. The van der Waals surface area contributed by atoms with Gasteiger partial charge in [0.15, 0.2) is 6.10 Å². The monoisotopic (exact) mass is 430 g/mol. The Hall–Kier alpha value is -1.64. The van der Waals surface area contributed by atoms with Gasteiger partial charge in [-0.2, -0.15) is 4.31 Å². The Morgan fingerprint density at radius 3 is 2.43 bits per heavy atom. The second-order valence-electron chi connectivity index (χ2n) is 7.30. The van der Waals surface area contributed by atoms with Gasteiger partial charge in [0.1, 0.15) is 4.90 Å². The summed E-state index contributed by atoms with van der Waals surface area (Å²) in [6.07, 6.45) is 1.58. The van der Waals surface area contributed by atoms with Crippen molar-refractivity contribution in [3.8, 4) is 0 Å². The number of carbonyl (C=O) groups excluding carboxylic acids is 2. The molecule has 1 atom stereocenters. The Morgan fingerprint density at radius 1 is 1.18 bits per heavy atom. The Morgan fingerprint density at radius 2 is 1.82 bits per heavy atom. The number of hydrogen-bond donors (Lipinski definition) is 1. The van der Waals surface area contributed by atoms with E-state index >= 15 is 0 Å². The van der Waals surface area contributed by atoms with Crippen molar-refractivity contribution in [3.05, 3.63) is 28.8 Å². The fraction of sp³-hybridized carbons (Fsp3) is 0.579. The highest BCUT2D eigenvalue weighted by Crippen LogP contribution is 2.28. The Labute approximate surface area is 171 Å². The van der Waals surface area contributed by atoms with Gasteiger partial charge in [-0.25, -0.2) is 13.2 Å². The number of ether oxygens (including phenoxy) is 1. The molecule has 1 aliphatic rings. The molecule has 156 valence electrons. The summed E-state index contributed by atoms with van der Waals surface area (Å²) in [6.45, 7) is 6.71. The zero-order chi connectivity index (χ0) is 20.9. The van der Waals surface area contributed by atoms with E-state index in [1.807, 2.05) is 13.8 Å². The molecule has 28 heavy (non-hydrogen) atoms. The molecule has 0 radical (unpaired) electrons. The highest BCUT2D eigenvalue weighted by atomic mass is 35.5. The van der Waals surface area contributed by atoms with Crippen LogP contribution in [0.3, 0.4) is 0 Å². The zero-order valence-corrected chi connectivity index (χ0v) is 18.0. The first-order valence-corrected chi connectivity index (χ1v) is 11.2. The average Bonchev–Trinajstić information content (AvgIpc) is 2.66. The van der Waals surface area contributed by atoms with Crippen molar-refractivity contribution >= 4 is 33.5 Å². The Balaban J connectivity index is 2.15. The molecule has 9 heteroatoms. The van der Waals surface area contributed by atoms with Crippen molar-refractivity contribution in [1.82, 2.24) is 9.62 Å². The standard InChI is InChI=1S/C19H27ClN2O5S/c1-13(2)12-21-18(23)14(3)27-19(24)15-7-8-16(20)17(11-15)28(25,26)22-9-5-4-6-10-22/h7-8,11,13-14H,4-6,9-10,12H2,1-3H3,(H,21,23). The largest absolute Gasteiger partial charge is 0.449 e. The molecule has 0 aromatic heterocycles. The van der Waals surface area contributed by atoms with Gasteiger partial charge in [-0.15, -0.1) is 0 Å². The topological polar surface area (TPSA) is 92.8 Å². The van der Waals surface area contributed by atoms with Crippen LogP contribution in [0.15, 0.2) is 23.1 Å². The summed E-state index contributed by atoms with van der Waals surface area (Å²) in [7, 11) is -3.80. The van der Waals surface area contributed by atoms with Crippen LogP contribution in [-0.4, -0.2) is 50.3 Å². The molecular weight excluding hydrogens is 404 g/mol. The van der Waals surface area contributed by atoms with Crippen LogP contribution in [0.25, 0.3) is 0 Å². The van der Waals surface area contributed by atoms with E-state index in [2.05, 4.69) is 5.32 Å². The fourth-order valence-corrected chi connectivity index (χ4v) is 4.82. The predicted octanol–water partition coefficient (Wildman–Crippen LogP) is 2.83. The minimum absolute atomic E-state index is 0.0310. The van der Waals surface area contributed by atoms with Crippen LogP contribution in [0, 0.1) is 5.92 Å². The van der Waals surface area contributed by atoms with Crippen molar-refractivity contribution < 1.29 is 22.7 Å². The number of halogens is 1. The van der Waals surface area contributed by atoms with Gasteiger partial charge in [-0.3, -0.25) is 4.79 Å². The summed E-state index contributed by atoms with van der Waals surface area (Å²) in [6, 6.07) is 3.96. The zero-order valence-electron chi connectivity index (χ0n) is 16.4. The number of nitrogens with one attached hydrogen (secondary N) is 1. The van der Waals surface area contributed by atoms with E-state index in [0.29, 0.717) is 19.6 Å². The molecule has 0 spiro atoms. The first kappa shape index (κ1) is 22.6. The van der Waals surface area contributed by atoms with E-state index in [1.54, 1.807) is 0 Å². The van der Waals surface area contributed by atoms with E-state index in [1.165, 1.54) is 29.4 Å². The number of rotatable bonds is 7. The lowest BCUT2D eigenvalue weighted by atomic mass is 10.2. The van der Waals surface area contributed by atoms with E-state index in [0.717, 1.165) is 19.3 Å². The van der Waals surface area contributed by atoms with Crippen LogP contribution >= 0.6 is 11.6 Å². The fourth-order valence-electron chi connectivity index (χ4n) is 2.80. The molecule has 7 nitrogen and oxygen atoms in total. The first-order chi connectivity index (χ1) is 13.1. The number of benzene rings is 1. The maximum Gasteiger partial charge on any atom is 0.338 e. The molecule has 1 saturated heterocycles. The molecule has 1 heterocycles. The molecule has 0 aliphatic carbocycles. The number of sulfonamides is 1. The van der Waals surface area contributed by atoms with Gasteiger partial charge < -0.3 is 10.1 Å². The van der Waals surface area contributed by atoms with Gasteiger partial charge >= 0.3 is 5.97 Å². The lowest BCUT2D eigenvalue weighted by Crippen LogP contribution is -2.37. The molecule has 1 N–H and O–H groups in total. The van der Waals surface area contributed by atoms with Crippen LogP contribution in [-0.2, 0) is 19.6 Å².